The maximum Gasteiger partial charge on any atom is 0.321 e. The number of ether oxygens (including phenoxy) is 2. The first-order chi connectivity index (χ1) is 15.5. The monoisotopic (exact) mass is 435 g/mol. The highest BCUT2D eigenvalue weighted by atomic mass is 16.5. The van der Waals surface area contributed by atoms with Crippen LogP contribution in [0.1, 0.15) is 17.3 Å². The number of urea groups is 1. The number of piperazine rings is 1. The molecular formula is C23H25N5O4. The molecule has 2 heterocycles. The van der Waals surface area contributed by atoms with Gasteiger partial charge in [-0.2, -0.15) is 0 Å². The summed E-state index contributed by atoms with van der Waals surface area (Å²) in [5.74, 6) is 1.98. The Labute approximate surface area is 186 Å². The summed E-state index contributed by atoms with van der Waals surface area (Å²) in [5.41, 5.74) is 1.93. The smallest absolute Gasteiger partial charge is 0.321 e. The van der Waals surface area contributed by atoms with E-state index in [0.717, 1.165) is 16.7 Å². The number of ketones is 1. The SMILES string of the molecule is COc1cc2ncnc(N3CCN(C(=O)Nc4cccc(C(C)=O)c4)CC3)c2cc1OC. The third-order valence-electron chi connectivity index (χ3n) is 5.51. The number of rotatable bonds is 5. The molecule has 166 valence electrons. The molecule has 0 aliphatic carbocycles. The van der Waals surface area contributed by atoms with E-state index in [-0.39, 0.29) is 11.8 Å². The number of benzene rings is 2. The second kappa shape index (κ2) is 9.09. The fourth-order valence-electron chi connectivity index (χ4n) is 3.76. The van der Waals surface area contributed by atoms with Crippen LogP contribution in [-0.2, 0) is 0 Å². The molecule has 0 radical (unpaired) electrons. The van der Waals surface area contributed by atoms with Gasteiger partial charge in [-0.1, -0.05) is 12.1 Å². The number of carbonyl (C=O) groups excluding carboxylic acids is 2. The van der Waals surface area contributed by atoms with Crippen LogP contribution in [-0.4, -0.2) is 67.1 Å². The van der Waals surface area contributed by atoms with Gasteiger partial charge in [0.05, 0.1) is 19.7 Å². The lowest BCUT2D eigenvalue weighted by Crippen LogP contribution is -2.50. The lowest BCUT2D eigenvalue weighted by molar-refractivity contribution is 0.101. The zero-order valence-corrected chi connectivity index (χ0v) is 18.3. The van der Waals surface area contributed by atoms with Crippen LogP contribution in [0.5, 0.6) is 11.5 Å². The Bertz CT molecular complexity index is 1160. The molecule has 9 nitrogen and oxygen atoms in total. The predicted molar refractivity (Wildman–Crippen MR) is 122 cm³/mol. The van der Waals surface area contributed by atoms with Crippen molar-refractivity contribution in [1.82, 2.24) is 14.9 Å². The number of aromatic nitrogens is 2. The van der Waals surface area contributed by atoms with Gasteiger partial charge >= 0.3 is 6.03 Å². The molecule has 4 rings (SSSR count). The Morgan fingerprint density at radius 1 is 0.969 bits per heavy atom. The van der Waals surface area contributed by atoms with E-state index in [1.54, 1.807) is 43.4 Å². The Kier molecular flexibility index (Phi) is 6.07. The molecule has 32 heavy (non-hydrogen) atoms. The van der Waals surface area contributed by atoms with Crippen molar-refractivity contribution in [2.75, 3.05) is 50.6 Å². The highest BCUT2D eigenvalue weighted by molar-refractivity contribution is 5.97. The molecule has 9 heteroatoms. The van der Waals surface area contributed by atoms with E-state index in [2.05, 4.69) is 20.2 Å². The fraction of sp³-hybridized carbons (Fsp3) is 0.304. The van der Waals surface area contributed by atoms with Gasteiger partial charge in [0.2, 0.25) is 0 Å². The van der Waals surface area contributed by atoms with E-state index in [4.69, 9.17) is 9.47 Å². The van der Waals surface area contributed by atoms with Crippen molar-refractivity contribution in [2.24, 2.45) is 0 Å². The summed E-state index contributed by atoms with van der Waals surface area (Å²) in [4.78, 5) is 37.0. The summed E-state index contributed by atoms with van der Waals surface area (Å²) in [5, 5.41) is 3.74. The molecule has 1 fully saturated rings. The summed E-state index contributed by atoms with van der Waals surface area (Å²) in [7, 11) is 3.18. The van der Waals surface area contributed by atoms with Gasteiger partial charge in [-0.15, -0.1) is 0 Å². The first-order valence-electron chi connectivity index (χ1n) is 10.3. The number of nitrogens with one attached hydrogen (secondary N) is 1. The summed E-state index contributed by atoms with van der Waals surface area (Å²) in [6, 6.07) is 10.5. The number of anilines is 2. The summed E-state index contributed by atoms with van der Waals surface area (Å²) in [6.45, 7) is 3.83. The summed E-state index contributed by atoms with van der Waals surface area (Å²) in [6.07, 6.45) is 1.53. The molecular weight excluding hydrogens is 410 g/mol. The highest BCUT2D eigenvalue weighted by Gasteiger charge is 2.24. The third-order valence-corrected chi connectivity index (χ3v) is 5.51. The summed E-state index contributed by atoms with van der Waals surface area (Å²) >= 11 is 0. The second-order valence-corrected chi connectivity index (χ2v) is 7.46. The normalized spacial score (nSPS) is 13.7. The van der Waals surface area contributed by atoms with Gasteiger partial charge in [0.1, 0.15) is 12.1 Å². The number of hydrogen-bond acceptors (Lipinski definition) is 7. The van der Waals surface area contributed by atoms with Crippen LogP contribution < -0.4 is 19.7 Å². The minimum absolute atomic E-state index is 0.0407. The number of carbonyl (C=O) groups is 2. The predicted octanol–water partition coefficient (Wildman–Crippen LogP) is 3.20. The van der Waals surface area contributed by atoms with Crippen LogP contribution in [0.4, 0.5) is 16.3 Å². The minimum atomic E-state index is -0.190. The molecule has 3 aromatic rings. The van der Waals surface area contributed by atoms with E-state index in [9.17, 15) is 9.59 Å². The second-order valence-electron chi connectivity index (χ2n) is 7.46. The van der Waals surface area contributed by atoms with Gasteiger partial charge < -0.3 is 24.6 Å². The molecule has 1 N–H and O–H groups in total. The van der Waals surface area contributed by atoms with Crippen LogP contribution in [0.25, 0.3) is 10.9 Å². The third kappa shape index (κ3) is 4.27. The van der Waals surface area contributed by atoms with Crippen LogP contribution in [0.15, 0.2) is 42.7 Å². The van der Waals surface area contributed by atoms with Crippen LogP contribution in [0.3, 0.4) is 0 Å². The molecule has 2 aromatic carbocycles. The number of Topliss-reactive ketones (excluding diaryl/α,β-unsaturated/α-hetero) is 1. The van der Waals surface area contributed by atoms with Crippen molar-refractivity contribution < 1.29 is 19.1 Å². The Morgan fingerprint density at radius 2 is 1.69 bits per heavy atom. The maximum atomic E-state index is 12.7. The largest absolute Gasteiger partial charge is 0.493 e. The molecule has 1 saturated heterocycles. The molecule has 0 bridgehead atoms. The fourth-order valence-corrected chi connectivity index (χ4v) is 3.76. The summed E-state index contributed by atoms with van der Waals surface area (Å²) < 4.78 is 10.8. The van der Waals surface area contributed by atoms with Crippen LogP contribution in [0.2, 0.25) is 0 Å². The average Bonchev–Trinajstić information content (AvgIpc) is 2.83. The number of amides is 2. The van der Waals surface area contributed by atoms with E-state index in [1.807, 2.05) is 12.1 Å². The van der Waals surface area contributed by atoms with E-state index in [0.29, 0.717) is 48.9 Å². The molecule has 2 amide bonds. The number of fused-ring (bicyclic) bond motifs is 1. The first-order valence-corrected chi connectivity index (χ1v) is 10.3. The van der Waals surface area contributed by atoms with Crippen molar-refractivity contribution in [3.63, 3.8) is 0 Å². The van der Waals surface area contributed by atoms with E-state index >= 15 is 0 Å². The molecule has 1 aliphatic heterocycles. The minimum Gasteiger partial charge on any atom is -0.493 e. The lowest BCUT2D eigenvalue weighted by atomic mass is 10.1. The van der Waals surface area contributed by atoms with Gasteiger partial charge in [-0.3, -0.25) is 4.79 Å². The number of methoxy groups -OCH3 is 2. The molecule has 0 atom stereocenters. The van der Waals surface area contributed by atoms with Gasteiger partial charge in [0.25, 0.3) is 0 Å². The maximum absolute atomic E-state index is 12.7. The molecule has 1 aromatic heterocycles. The van der Waals surface area contributed by atoms with E-state index < -0.39 is 0 Å². The van der Waals surface area contributed by atoms with Crippen LogP contribution >= 0.6 is 0 Å². The van der Waals surface area contributed by atoms with Gasteiger partial charge in [0, 0.05) is 48.9 Å². The van der Waals surface area contributed by atoms with Crippen molar-refractivity contribution >= 4 is 34.2 Å². The average molecular weight is 435 g/mol. The first kappa shape index (κ1) is 21.4. The number of hydrogen-bond donors (Lipinski definition) is 1. The molecule has 0 spiro atoms. The van der Waals surface area contributed by atoms with Crippen molar-refractivity contribution in [1.29, 1.82) is 0 Å². The van der Waals surface area contributed by atoms with Gasteiger partial charge in [0.15, 0.2) is 17.3 Å². The van der Waals surface area contributed by atoms with E-state index in [1.165, 1.54) is 13.3 Å². The van der Waals surface area contributed by atoms with Crippen molar-refractivity contribution in [3.8, 4) is 11.5 Å². The van der Waals surface area contributed by atoms with Crippen LogP contribution in [0, 0.1) is 0 Å². The van der Waals surface area contributed by atoms with Crippen molar-refractivity contribution in [3.05, 3.63) is 48.3 Å². The zero-order chi connectivity index (χ0) is 22.7. The Morgan fingerprint density at radius 3 is 2.38 bits per heavy atom. The zero-order valence-electron chi connectivity index (χ0n) is 18.3. The highest BCUT2D eigenvalue weighted by Crippen LogP contribution is 2.34. The Hall–Kier alpha value is -3.88. The molecule has 0 saturated carbocycles. The van der Waals surface area contributed by atoms with Gasteiger partial charge in [-0.05, 0) is 25.1 Å². The number of nitrogens with zero attached hydrogens (tertiary/aromatic N) is 4. The van der Waals surface area contributed by atoms with Gasteiger partial charge in [-0.25, -0.2) is 14.8 Å². The standard InChI is InChI=1S/C23H25N5O4/c1-15(29)16-5-4-6-17(11-16)26-23(30)28-9-7-27(8-10-28)22-18-12-20(31-2)21(32-3)13-19(18)24-14-25-22/h4-6,11-14H,7-10H2,1-3H3,(H,26,30). The van der Waals surface area contributed by atoms with Crippen molar-refractivity contribution in [2.45, 2.75) is 6.92 Å². The Balaban J connectivity index is 1.47. The quantitative estimate of drug-likeness (QED) is 0.615. The molecule has 1 aliphatic rings. The molecule has 0 unspecified atom stereocenters. The lowest BCUT2D eigenvalue weighted by Gasteiger charge is -2.35. The topological polar surface area (TPSA) is 96.9 Å².